The van der Waals surface area contributed by atoms with Gasteiger partial charge in [-0.3, -0.25) is 0 Å². The monoisotopic (exact) mass is 266 g/mol. The van der Waals surface area contributed by atoms with E-state index in [-0.39, 0.29) is 0 Å². The van der Waals surface area contributed by atoms with Crippen LogP contribution < -0.4 is 0 Å². The standard InChI is InChI=1S/C20H26/c1-7-11-13-14-19(10-4)16-18(6)20(15-12-8-2)17(5)9-3/h7-9,11-15H,1-3,5,10,16H2,4,6H3/b13-11-,15-12-,19-14-,20-18-. The summed E-state index contributed by atoms with van der Waals surface area (Å²) in [6.45, 7) is 19.5. The quantitative estimate of drug-likeness (QED) is 0.432. The van der Waals surface area contributed by atoms with Gasteiger partial charge < -0.3 is 0 Å². The molecule has 0 aliphatic rings. The Kier molecular flexibility index (Phi) is 9.68. The summed E-state index contributed by atoms with van der Waals surface area (Å²) in [6, 6.07) is 0. The molecule has 0 aromatic carbocycles. The van der Waals surface area contributed by atoms with E-state index in [2.05, 4.69) is 46.2 Å². The molecule has 0 atom stereocenters. The van der Waals surface area contributed by atoms with Gasteiger partial charge in [0.1, 0.15) is 0 Å². The van der Waals surface area contributed by atoms with Gasteiger partial charge in [-0.2, -0.15) is 0 Å². The Labute approximate surface area is 124 Å². The molecule has 0 aromatic rings. The highest BCUT2D eigenvalue weighted by Gasteiger charge is 2.03. The second-order valence-electron chi connectivity index (χ2n) is 4.49. The minimum absolute atomic E-state index is 0.932. The van der Waals surface area contributed by atoms with Crippen molar-refractivity contribution < 1.29 is 0 Å². The van der Waals surface area contributed by atoms with Crippen LogP contribution in [0.15, 0.2) is 97.2 Å². The van der Waals surface area contributed by atoms with E-state index in [9.17, 15) is 0 Å². The van der Waals surface area contributed by atoms with E-state index in [1.54, 1.807) is 18.2 Å². The zero-order valence-corrected chi connectivity index (χ0v) is 12.9. The van der Waals surface area contributed by atoms with Gasteiger partial charge in [0.05, 0.1) is 0 Å². The summed E-state index contributed by atoms with van der Waals surface area (Å²) in [5.41, 5.74) is 4.74. The van der Waals surface area contributed by atoms with Crippen molar-refractivity contribution in [2.24, 2.45) is 0 Å². The van der Waals surface area contributed by atoms with Gasteiger partial charge in [0, 0.05) is 0 Å². The number of hydrogen-bond donors (Lipinski definition) is 0. The van der Waals surface area contributed by atoms with Crippen LogP contribution in [0.3, 0.4) is 0 Å². The lowest BCUT2D eigenvalue weighted by atomic mass is 9.95. The SMILES string of the molecule is C=C/C=C\C=C(\CC)C/C(C)=C(/C=C\C=C)C(=C)C=C. The molecule has 0 aliphatic carbocycles. The molecule has 0 amide bonds. The van der Waals surface area contributed by atoms with Crippen LogP contribution in [0.1, 0.15) is 26.7 Å². The summed E-state index contributed by atoms with van der Waals surface area (Å²) in [4.78, 5) is 0. The summed E-state index contributed by atoms with van der Waals surface area (Å²) >= 11 is 0. The smallest absolute Gasteiger partial charge is 0.00990 e. The van der Waals surface area contributed by atoms with E-state index in [4.69, 9.17) is 0 Å². The van der Waals surface area contributed by atoms with Gasteiger partial charge in [-0.1, -0.05) is 93.0 Å². The maximum atomic E-state index is 4.05. The van der Waals surface area contributed by atoms with Gasteiger partial charge in [0.15, 0.2) is 0 Å². The third-order valence-electron chi connectivity index (χ3n) is 2.98. The lowest BCUT2D eigenvalue weighted by Gasteiger charge is -2.10. The Morgan fingerprint density at radius 3 is 2.15 bits per heavy atom. The Morgan fingerprint density at radius 2 is 1.65 bits per heavy atom. The molecule has 0 fully saturated rings. The molecule has 0 saturated heterocycles. The first-order chi connectivity index (χ1) is 9.60. The average Bonchev–Trinajstić information content (AvgIpc) is 2.46. The highest BCUT2D eigenvalue weighted by molar-refractivity contribution is 5.48. The topological polar surface area (TPSA) is 0 Å². The first-order valence-electron chi connectivity index (χ1n) is 6.88. The lowest BCUT2D eigenvalue weighted by molar-refractivity contribution is 0.982. The first-order valence-corrected chi connectivity index (χ1v) is 6.88. The molecule has 0 nitrogen and oxygen atoms in total. The molecule has 106 valence electrons. The van der Waals surface area contributed by atoms with Crippen LogP contribution >= 0.6 is 0 Å². The summed E-state index contributed by atoms with van der Waals surface area (Å²) in [5.74, 6) is 0. The molecule has 0 radical (unpaired) electrons. The molecule has 0 saturated carbocycles. The molecule has 0 heteroatoms. The predicted molar refractivity (Wildman–Crippen MR) is 93.7 cm³/mol. The number of hydrogen-bond acceptors (Lipinski definition) is 0. The van der Waals surface area contributed by atoms with Crippen molar-refractivity contribution in [3.05, 3.63) is 97.2 Å². The Hall–Kier alpha value is -2.08. The highest BCUT2D eigenvalue weighted by Crippen LogP contribution is 2.23. The number of rotatable bonds is 9. The van der Waals surface area contributed by atoms with Crippen molar-refractivity contribution in [3.8, 4) is 0 Å². The average molecular weight is 266 g/mol. The molecular weight excluding hydrogens is 240 g/mol. The molecule has 0 rings (SSSR count). The van der Waals surface area contributed by atoms with Crippen LogP contribution in [-0.2, 0) is 0 Å². The normalized spacial score (nSPS) is 13.4. The second kappa shape index (κ2) is 10.8. The zero-order chi connectivity index (χ0) is 15.4. The Balaban J connectivity index is 5.33. The fourth-order valence-corrected chi connectivity index (χ4v) is 1.81. The predicted octanol–water partition coefficient (Wildman–Crippen LogP) is 6.26. The van der Waals surface area contributed by atoms with Crippen LogP contribution in [0.2, 0.25) is 0 Å². The molecule has 0 heterocycles. The minimum Gasteiger partial charge on any atom is -0.0991 e. The van der Waals surface area contributed by atoms with Crippen molar-refractivity contribution in [1.82, 2.24) is 0 Å². The van der Waals surface area contributed by atoms with Gasteiger partial charge in [0.2, 0.25) is 0 Å². The van der Waals surface area contributed by atoms with E-state index in [0.717, 1.165) is 24.0 Å². The molecule has 0 N–H and O–H groups in total. The van der Waals surface area contributed by atoms with Gasteiger partial charge in [0.25, 0.3) is 0 Å². The summed E-state index contributed by atoms with van der Waals surface area (Å²) < 4.78 is 0. The van der Waals surface area contributed by atoms with E-state index in [1.165, 1.54) is 11.1 Å². The van der Waals surface area contributed by atoms with Crippen molar-refractivity contribution in [1.29, 1.82) is 0 Å². The van der Waals surface area contributed by atoms with Crippen LogP contribution in [0.5, 0.6) is 0 Å². The first kappa shape index (κ1) is 17.9. The third-order valence-corrected chi connectivity index (χ3v) is 2.98. The van der Waals surface area contributed by atoms with Gasteiger partial charge in [-0.15, -0.1) is 0 Å². The fraction of sp³-hybridized carbons (Fsp3) is 0.200. The molecule has 0 aromatic heterocycles. The maximum Gasteiger partial charge on any atom is -0.00990 e. The lowest BCUT2D eigenvalue weighted by Crippen LogP contribution is -1.91. The van der Waals surface area contributed by atoms with E-state index < -0.39 is 0 Å². The van der Waals surface area contributed by atoms with Crippen LogP contribution in [0.4, 0.5) is 0 Å². The summed E-state index contributed by atoms with van der Waals surface area (Å²) in [6.07, 6.45) is 17.4. The largest absolute Gasteiger partial charge is 0.0991 e. The molecular formula is C20H26. The molecule has 0 aliphatic heterocycles. The fourth-order valence-electron chi connectivity index (χ4n) is 1.81. The van der Waals surface area contributed by atoms with Gasteiger partial charge in [-0.05, 0) is 30.9 Å². The summed E-state index contributed by atoms with van der Waals surface area (Å²) in [7, 11) is 0. The Morgan fingerprint density at radius 1 is 1.00 bits per heavy atom. The van der Waals surface area contributed by atoms with Crippen LogP contribution in [-0.4, -0.2) is 0 Å². The molecule has 0 bridgehead atoms. The molecule has 0 spiro atoms. The van der Waals surface area contributed by atoms with E-state index >= 15 is 0 Å². The van der Waals surface area contributed by atoms with Crippen molar-refractivity contribution >= 4 is 0 Å². The third kappa shape index (κ3) is 6.75. The minimum atomic E-state index is 0.932. The number of allylic oxidation sites excluding steroid dienone is 12. The zero-order valence-electron chi connectivity index (χ0n) is 12.9. The van der Waals surface area contributed by atoms with E-state index in [1.807, 2.05) is 24.3 Å². The summed E-state index contributed by atoms with van der Waals surface area (Å²) in [5, 5.41) is 0. The second-order valence-corrected chi connectivity index (χ2v) is 4.49. The van der Waals surface area contributed by atoms with Crippen molar-refractivity contribution in [2.75, 3.05) is 0 Å². The maximum absolute atomic E-state index is 4.05. The molecule has 20 heavy (non-hydrogen) atoms. The van der Waals surface area contributed by atoms with Gasteiger partial charge >= 0.3 is 0 Å². The van der Waals surface area contributed by atoms with Crippen molar-refractivity contribution in [3.63, 3.8) is 0 Å². The van der Waals surface area contributed by atoms with Crippen LogP contribution in [0, 0.1) is 0 Å². The molecule has 0 unspecified atom stereocenters. The van der Waals surface area contributed by atoms with E-state index in [0.29, 0.717) is 0 Å². The highest BCUT2D eigenvalue weighted by atomic mass is 14.1. The van der Waals surface area contributed by atoms with Crippen molar-refractivity contribution in [2.45, 2.75) is 26.7 Å². The van der Waals surface area contributed by atoms with Gasteiger partial charge in [-0.25, -0.2) is 0 Å². The Bertz CT molecular complexity index is 476. The van der Waals surface area contributed by atoms with Crippen LogP contribution in [0.25, 0.3) is 0 Å².